The van der Waals surface area contributed by atoms with E-state index in [1.54, 1.807) is 12.3 Å². The Hall–Kier alpha value is -1.85. The van der Waals surface area contributed by atoms with Crippen molar-refractivity contribution in [3.05, 3.63) is 22.6 Å². The van der Waals surface area contributed by atoms with E-state index < -0.39 is 0 Å². The number of aromatic nitrogens is 2. The molecule has 3 heterocycles. The highest BCUT2D eigenvalue weighted by molar-refractivity contribution is 5.76. The number of anilines is 1. The molecule has 0 aliphatic carbocycles. The van der Waals surface area contributed by atoms with Crippen LogP contribution >= 0.6 is 0 Å². The van der Waals surface area contributed by atoms with Crippen molar-refractivity contribution in [2.24, 2.45) is 5.92 Å². The second kappa shape index (κ2) is 7.15. The van der Waals surface area contributed by atoms with Gasteiger partial charge in [0.15, 0.2) is 0 Å². The highest BCUT2D eigenvalue weighted by Gasteiger charge is 2.26. The summed E-state index contributed by atoms with van der Waals surface area (Å²) >= 11 is 0. The number of carbonyl (C=O) groups excluding carboxylic acids is 1. The van der Waals surface area contributed by atoms with Gasteiger partial charge in [-0.25, -0.2) is 4.68 Å². The summed E-state index contributed by atoms with van der Waals surface area (Å²) in [7, 11) is 0. The molecule has 1 aromatic rings. The van der Waals surface area contributed by atoms with E-state index in [9.17, 15) is 9.59 Å². The first kappa shape index (κ1) is 16.0. The molecule has 2 saturated heterocycles. The average Bonchev–Trinajstić information content (AvgIpc) is 3.09. The molecular weight excluding hydrogens is 292 g/mol. The molecule has 6 heteroatoms. The van der Waals surface area contributed by atoms with Gasteiger partial charge in [0.05, 0.1) is 11.9 Å². The van der Waals surface area contributed by atoms with E-state index in [1.165, 1.54) is 4.68 Å². The predicted molar refractivity (Wildman–Crippen MR) is 89.5 cm³/mol. The van der Waals surface area contributed by atoms with Crippen LogP contribution in [0.4, 0.5) is 5.69 Å². The van der Waals surface area contributed by atoms with E-state index in [-0.39, 0.29) is 5.56 Å². The van der Waals surface area contributed by atoms with Gasteiger partial charge in [-0.2, -0.15) is 5.10 Å². The highest BCUT2D eigenvalue weighted by Crippen LogP contribution is 2.25. The zero-order chi connectivity index (χ0) is 16.2. The largest absolute Gasteiger partial charge is 0.370 e. The van der Waals surface area contributed by atoms with Crippen LogP contribution in [-0.2, 0) is 11.3 Å². The lowest BCUT2D eigenvalue weighted by atomic mass is 9.94. The highest BCUT2D eigenvalue weighted by atomic mass is 16.2. The minimum Gasteiger partial charge on any atom is -0.370 e. The number of hydrogen-bond acceptors (Lipinski definition) is 4. The molecule has 1 atom stereocenters. The molecule has 0 spiro atoms. The molecule has 0 saturated carbocycles. The van der Waals surface area contributed by atoms with Gasteiger partial charge in [0.2, 0.25) is 5.91 Å². The fraction of sp³-hybridized carbons (Fsp3) is 0.706. The van der Waals surface area contributed by atoms with Gasteiger partial charge in [0, 0.05) is 45.2 Å². The van der Waals surface area contributed by atoms with Crippen molar-refractivity contribution >= 4 is 11.6 Å². The number of amides is 1. The van der Waals surface area contributed by atoms with E-state index in [2.05, 4.69) is 10.00 Å². The number of aryl methyl sites for hydroxylation is 1. The van der Waals surface area contributed by atoms with E-state index in [0.717, 1.165) is 57.5 Å². The number of likely N-dealkylation sites (tertiary alicyclic amines) is 1. The summed E-state index contributed by atoms with van der Waals surface area (Å²) in [5, 5.41) is 4.21. The first-order valence-electron chi connectivity index (χ1n) is 8.77. The Morgan fingerprint density at radius 3 is 2.74 bits per heavy atom. The van der Waals surface area contributed by atoms with Gasteiger partial charge in [-0.3, -0.25) is 9.59 Å². The topological polar surface area (TPSA) is 58.4 Å². The van der Waals surface area contributed by atoms with Gasteiger partial charge in [-0.15, -0.1) is 0 Å². The van der Waals surface area contributed by atoms with Crippen LogP contribution in [0.25, 0.3) is 0 Å². The van der Waals surface area contributed by atoms with Crippen molar-refractivity contribution in [3.63, 3.8) is 0 Å². The molecule has 126 valence electrons. The Labute approximate surface area is 137 Å². The van der Waals surface area contributed by atoms with Gasteiger partial charge in [0.1, 0.15) is 0 Å². The van der Waals surface area contributed by atoms with Crippen molar-refractivity contribution in [1.82, 2.24) is 14.7 Å². The van der Waals surface area contributed by atoms with Gasteiger partial charge >= 0.3 is 0 Å². The minimum absolute atomic E-state index is 0.0553. The summed E-state index contributed by atoms with van der Waals surface area (Å²) in [6.45, 7) is 6.13. The number of hydrogen-bond donors (Lipinski definition) is 0. The maximum absolute atomic E-state index is 12.3. The molecule has 0 bridgehead atoms. The lowest BCUT2D eigenvalue weighted by Gasteiger charge is -2.34. The second-order valence-corrected chi connectivity index (χ2v) is 6.61. The number of carbonyl (C=O) groups is 1. The van der Waals surface area contributed by atoms with E-state index in [0.29, 0.717) is 24.8 Å². The van der Waals surface area contributed by atoms with Gasteiger partial charge in [-0.05, 0) is 38.5 Å². The molecule has 1 aromatic heterocycles. The molecule has 1 unspecified atom stereocenters. The van der Waals surface area contributed by atoms with Gasteiger partial charge in [-0.1, -0.05) is 0 Å². The zero-order valence-electron chi connectivity index (χ0n) is 13.9. The molecular formula is C17H26N4O2. The van der Waals surface area contributed by atoms with Gasteiger partial charge in [0.25, 0.3) is 5.56 Å². The van der Waals surface area contributed by atoms with Crippen molar-refractivity contribution in [3.8, 4) is 0 Å². The van der Waals surface area contributed by atoms with E-state index >= 15 is 0 Å². The summed E-state index contributed by atoms with van der Waals surface area (Å²) in [4.78, 5) is 28.5. The Balaban J connectivity index is 1.62. The SMILES string of the molecule is CCn1ncc(N2CCCC(CC(=O)N3CCCC3)C2)cc1=O. The van der Waals surface area contributed by atoms with Crippen molar-refractivity contribution < 1.29 is 4.79 Å². The van der Waals surface area contributed by atoms with E-state index in [4.69, 9.17) is 0 Å². The zero-order valence-corrected chi connectivity index (χ0v) is 13.9. The van der Waals surface area contributed by atoms with Crippen LogP contribution in [0, 0.1) is 5.92 Å². The predicted octanol–water partition coefficient (Wildman–Crippen LogP) is 1.49. The molecule has 0 aromatic carbocycles. The lowest BCUT2D eigenvalue weighted by molar-refractivity contribution is -0.131. The van der Waals surface area contributed by atoms with Crippen LogP contribution in [0.2, 0.25) is 0 Å². The quantitative estimate of drug-likeness (QED) is 0.844. The fourth-order valence-electron chi connectivity index (χ4n) is 3.64. The van der Waals surface area contributed by atoms with E-state index in [1.807, 2.05) is 11.8 Å². The first-order valence-corrected chi connectivity index (χ1v) is 8.77. The third-order valence-corrected chi connectivity index (χ3v) is 4.96. The smallest absolute Gasteiger partial charge is 0.268 e. The van der Waals surface area contributed by atoms with Crippen LogP contribution < -0.4 is 10.5 Å². The lowest BCUT2D eigenvalue weighted by Crippen LogP contribution is -2.39. The van der Waals surface area contributed by atoms with Crippen molar-refractivity contribution in [2.75, 3.05) is 31.1 Å². The average molecular weight is 318 g/mol. The molecule has 3 rings (SSSR count). The maximum Gasteiger partial charge on any atom is 0.268 e. The standard InChI is InChI=1S/C17H26N4O2/c1-2-21-17(23)11-15(12-18-21)20-9-5-6-14(13-20)10-16(22)19-7-3-4-8-19/h11-12,14H,2-10,13H2,1H3. The molecule has 0 N–H and O–H groups in total. The van der Waals surface area contributed by atoms with Crippen LogP contribution in [0.3, 0.4) is 0 Å². The Kier molecular flexibility index (Phi) is 4.98. The van der Waals surface area contributed by atoms with Gasteiger partial charge < -0.3 is 9.80 Å². The number of piperidine rings is 1. The summed E-state index contributed by atoms with van der Waals surface area (Å²) in [6, 6.07) is 1.67. The Morgan fingerprint density at radius 1 is 1.26 bits per heavy atom. The monoisotopic (exact) mass is 318 g/mol. The third-order valence-electron chi connectivity index (χ3n) is 4.96. The summed E-state index contributed by atoms with van der Waals surface area (Å²) in [5.41, 5.74) is 0.832. The van der Waals surface area contributed by atoms with Crippen LogP contribution in [0.15, 0.2) is 17.1 Å². The summed E-state index contributed by atoms with van der Waals surface area (Å²) in [5.74, 6) is 0.680. The fourth-order valence-corrected chi connectivity index (χ4v) is 3.64. The van der Waals surface area contributed by atoms with Crippen LogP contribution in [0.5, 0.6) is 0 Å². The van der Waals surface area contributed by atoms with Crippen molar-refractivity contribution in [2.45, 2.75) is 45.6 Å². The van der Waals surface area contributed by atoms with Crippen LogP contribution in [0.1, 0.15) is 39.0 Å². The molecule has 23 heavy (non-hydrogen) atoms. The maximum atomic E-state index is 12.3. The summed E-state index contributed by atoms with van der Waals surface area (Å²) < 4.78 is 1.46. The first-order chi connectivity index (χ1) is 11.2. The molecule has 6 nitrogen and oxygen atoms in total. The summed E-state index contributed by atoms with van der Waals surface area (Å²) in [6.07, 6.45) is 6.85. The third kappa shape index (κ3) is 3.74. The van der Waals surface area contributed by atoms with Crippen molar-refractivity contribution in [1.29, 1.82) is 0 Å². The number of rotatable bonds is 4. The molecule has 2 aliphatic heterocycles. The second-order valence-electron chi connectivity index (χ2n) is 6.61. The molecule has 2 fully saturated rings. The molecule has 2 aliphatic rings. The minimum atomic E-state index is -0.0553. The molecule has 1 amide bonds. The van der Waals surface area contributed by atoms with Crippen LogP contribution in [-0.4, -0.2) is 46.8 Å². The number of nitrogens with zero attached hydrogens (tertiary/aromatic N) is 4. The molecule has 0 radical (unpaired) electrons. The Morgan fingerprint density at radius 2 is 2.04 bits per heavy atom. The Bertz CT molecular complexity index is 607. The normalized spacial score (nSPS) is 21.7.